The molecule has 76 valence electrons. The molecule has 1 aromatic heterocycles. The van der Waals surface area contributed by atoms with Crippen LogP contribution < -0.4 is 10.6 Å². The molecular weight excluding hydrogens is 182 g/mol. The molecule has 0 atom stereocenters. The van der Waals surface area contributed by atoms with Crippen molar-refractivity contribution in [1.29, 1.82) is 0 Å². The van der Waals surface area contributed by atoms with Crippen LogP contribution in [0.2, 0.25) is 0 Å². The lowest BCUT2D eigenvalue weighted by atomic mass is 10.0. The van der Waals surface area contributed by atoms with Crippen molar-refractivity contribution in [1.82, 2.24) is 4.98 Å². The summed E-state index contributed by atoms with van der Waals surface area (Å²) < 4.78 is 0. The topological polar surface area (TPSA) is 12.9 Å². The van der Waals surface area contributed by atoms with Crippen LogP contribution >= 0.6 is 0 Å². The SMILES string of the molecule is CC(C)c1cnc2/c(c1)=C\C=C/C=C\C=2. The van der Waals surface area contributed by atoms with Gasteiger partial charge < -0.3 is 0 Å². The molecule has 1 aliphatic rings. The zero-order valence-electron chi connectivity index (χ0n) is 9.14. The Morgan fingerprint density at radius 3 is 2.47 bits per heavy atom. The van der Waals surface area contributed by atoms with Gasteiger partial charge in [0.1, 0.15) is 0 Å². The molecule has 0 unspecified atom stereocenters. The van der Waals surface area contributed by atoms with Crippen LogP contribution in [0.5, 0.6) is 0 Å². The first-order chi connectivity index (χ1) is 7.27. The van der Waals surface area contributed by atoms with Gasteiger partial charge in [0.2, 0.25) is 0 Å². The lowest BCUT2D eigenvalue weighted by Gasteiger charge is -2.03. The van der Waals surface area contributed by atoms with E-state index in [9.17, 15) is 0 Å². The molecule has 1 nitrogen and oxygen atoms in total. The average molecular weight is 197 g/mol. The lowest BCUT2D eigenvalue weighted by molar-refractivity contribution is 0.853. The van der Waals surface area contributed by atoms with Crippen LogP contribution in [0.4, 0.5) is 0 Å². The molecule has 0 N–H and O–H groups in total. The minimum Gasteiger partial charge on any atom is -0.256 e. The molecule has 15 heavy (non-hydrogen) atoms. The normalized spacial score (nSPS) is 22.6. The second kappa shape index (κ2) is 4.26. The molecule has 0 radical (unpaired) electrons. The molecule has 1 aromatic rings. The molecule has 0 fully saturated rings. The van der Waals surface area contributed by atoms with Gasteiger partial charge in [0.05, 0.1) is 5.35 Å². The van der Waals surface area contributed by atoms with Gasteiger partial charge >= 0.3 is 0 Å². The molecular formula is C14H15N. The van der Waals surface area contributed by atoms with Crippen molar-refractivity contribution in [2.45, 2.75) is 19.8 Å². The first-order valence-electron chi connectivity index (χ1n) is 5.29. The van der Waals surface area contributed by atoms with Gasteiger partial charge in [-0.15, -0.1) is 0 Å². The van der Waals surface area contributed by atoms with E-state index in [4.69, 9.17) is 0 Å². The number of allylic oxidation sites excluding steroid dienone is 4. The quantitative estimate of drug-likeness (QED) is 0.670. The van der Waals surface area contributed by atoms with E-state index in [1.54, 1.807) is 0 Å². The van der Waals surface area contributed by atoms with Crippen LogP contribution in [0.15, 0.2) is 36.6 Å². The Hall–Kier alpha value is -1.63. The molecule has 0 spiro atoms. The highest BCUT2D eigenvalue weighted by Crippen LogP contribution is 2.08. The number of pyridine rings is 1. The van der Waals surface area contributed by atoms with Crippen molar-refractivity contribution in [2.24, 2.45) is 0 Å². The Bertz CT molecular complexity index is 519. The molecule has 0 aromatic carbocycles. The van der Waals surface area contributed by atoms with Crippen LogP contribution in [0.25, 0.3) is 12.2 Å². The molecule has 0 aliphatic heterocycles. The maximum Gasteiger partial charge on any atom is 0.0702 e. The third kappa shape index (κ3) is 2.24. The number of aromatic nitrogens is 1. The largest absolute Gasteiger partial charge is 0.256 e. The van der Waals surface area contributed by atoms with Crippen LogP contribution in [-0.4, -0.2) is 4.98 Å². The maximum absolute atomic E-state index is 4.47. The van der Waals surface area contributed by atoms with Gasteiger partial charge in [-0.1, -0.05) is 44.2 Å². The van der Waals surface area contributed by atoms with Gasteiger partial charge in [-0.2, -0.15) is 0 Å². The summed E-state index contributed by atoms with van der Waals surface area (Å²) in [6.07, 6.45) is 14.2. The van der Waals surface area contributed by atoms with E-state index in [1.165, 1.54) is 10.8 Å². The second-order valence-corrected chi connectivity index (χ2v) is 4.00. The summed E-state index contributed by atoms with van der Waals surface area (Å²) >= 11 is 0. The lowest BCUT2D eigenvalue weighted by Crippen LogP contribution is -2.28. The summed E-state index contributed by atoms with van der Waals surface area (Å²) in [5.74, 6) is 0.529. The van der Waals surface area contributed by atoms with Crippen LogP contribution in [-0.2, 0) is 0 Å². The van der Waals surface area contributed by atoms with E-state index < -0.39 is 0 Å². The van der Waals surface area contributed by atoms with Crippen molar-refractivity contribution in [3.8, 4) is 0 Å². The summed E-state index contributed by atoms with van der Waals surface area (Å²) in [5.41, 5.74) is 1.29. The Morgan fingerprint density at radius 1 is 1.00 bits per heavy atom. The van der Waals surface area contributed by atoms with Gasteiger partial charge in [0.25, 0.3) is 0 Å². The highest BCUT2D eigenvalue weighted by atomic mass is 14.6. The van der Waals surface area contributed by atoms with Crippen molar-refractivity contribution < 1.29 is 0 Å². The highest BCUT2D eigenvalue weighted by Gasteiger charge is 1.98. The maximum atomic E-state index is 4.47. The first-order valence-corrected chi connectivity index (χ1v) is 5.29. The Balaban J connectivity index is 2.66. The highest BCUT2D eigenvalue weighted by molar-refractivity contribution is 5.46. The Kier molecular flexibility index (Phi) is 2.82. The van der Waals surface area contributed by atoms with Crippen LogP contribution in [0, 0.1) is 0 Å². The van der Waals surface area contributed by atoms with E-state index in [1.807, 2.05) is 36.6 Å². The zero-order valence-corrected chi connectivity index (χ0v) is 9.14. The minimum absolute atomic E-state index is 0.529. The van der Waals surface area contributed by atoms with Crippen LogP contribution in [0.3, 0.4) is 0 Å². The number of fused-ring (bicyclic) bond motifs is 1. The van der Waals surface area contributed by atoms with Gasteiger partial charge in [-0.25, -0.2) is 0 Å². The van der Waals surface area contributed by atoms with Gasteiger partial charge in [0, 0.05) is 11.4 Å². The summed E-state index contributed by atoms with van der Waals surface area (Å²) in [5, 5.41) is 2.24. The van der Waals surface area contributed by atoms with E-state index in [-0.39, 0.29) is 0 Å². The second-order valence-electron chi connectivity index (χ2n) is 4.00. The van der Waals surface area contributed by atoms with E-state index in [0.29, 0.717) is 5.92 Å². The van der Waals surface area contributed by atoms with Crippen LogP contribution in [0.1, 0.15) is 25.3 Å². The molecule has 0 amide bonds. The molecule has 0 bridgehead atoms. The molecule has 1 heterocycles. The van der Waals surface area contributed by atoms with Crippen molar-refractivity contribution in [2.75, 3.05) is 0 Å². The van der Waals surface area contributed by atoms with Crippen molar-refractivity contribution in [3.63, 3.8) is 0 Å². The third-order valence-electron chi connectivity index (χ3n) is 2.50. The Morgan fingerprint density at radius 2 is 1.73 bits per heavy atom. The molecule has 0 saturated carbocycles. The summed E-state index contributed by atoms with van der Waals surface area (Å²) in [4.78, 5) is 4.47. The predicted octanol–water partition coefficient (Wildman–Crippen LogP) is 1.89. The molecule has 1 aliphatic carbocycles. The fraction of sp³-hybridized carbons (Fsp3) is 0.214. The average Bonchev–Trinajstić information content (AvgIpc) is 2.18. The fourth-order valence-electron chi connectivity index (χ4n) is 1.53. The summed E-state index contributed by atoms with van der Waals surface area (Å²) in [7, 11) is 0. The number of hydrogen-bond acceptors (Lipinski definition) is 1. The smallest absolute Gasteiger partial charge is 0.0702 e. The monoisotopic (exact) mass is 197 g/mol. The molecule has 2 rings (SSSR count). The Labute approximate surface area is 90.2 Å². The third-order valence-corrected chi connectivity index (χ3v) is 2.50. The molecule has 0 saturated heterocycles. The zero-order chi connectivity index (χ0) is 10.7. The summed E-state index contributed by atoms with van der Waals surface area (Å²) in [6.45, 7) is 4.37. The predicted molar refractivity (Wildman–Crippen MR) is 64.8 cm³/mol. The van der Waals surface area contributed by atoms with Gasteiger partial charge in [0.15, 0.2) is 0 Å². The minimum atomic E-state index is 0.529. The van der Waals surface area contributed by atoms with Gasteiger partial charge in [-0.3, -0.25) is 4.98 Å². The van der Waals surface area contributed by atoms with Crippen molar-refractivity contribution >= 4 is 12.2 Å². The van der Waals surface area contributed by atoms with E-state index in [2.05, 4.69) is 31.0 Å². The van der Waals surface area contributed by atoms with E-state index in [0.717, 1.165) is 5.35 Å². The number of hydrogen-bond donors (Lipinski definition) is 0. The van der Waals surface area contributed by atoms with E-state index >= 15 is 0 Å². The van der Waals surface area contributed by atoms with Gasteiger partial charge in [-0.05, 0) is 23.6 Å². The first kappa shape index (κ1) is 9.91. The molecule has 1 heteroatoms. The number of rotatable bonds is 1. The standard InChI is InChI=1S/C14H15N/c1-11(2)13-9-12-7-5-3-4-6-8-14(12)15-10-13/h3-11H,1-2H3/b4-3?,5-3-,6-4-,7-5?,8-6?,12-7-,14-8+. The number of nitrogens with zero attached hydrogens (tertiary/aromatic N) is 1. The van der Waals surface area contributed by atoms with Crippen molar-refractivity contribution in [3.05, 3.63) is 52.7 Å². The summed E-state index contributed by atoms with van der Waals surface area (Å²) in [6, 6.07) is 2.22. The fourth-order valence-corrected chi connectivity index (χ4v) is 1.53.